The van der Waals surface area contributed by atoms with E-state index in [-0.39, 0.29) is 5.54 Å². The molecule has 4 nitrogen and oxygen atoms in total. The summed E-state index contributed by atoms with van der Waals surface area (Å²) >= 11 is 0. The molecule has 0 radical (unpaired) electrons. The Labute approximate surface area is 97.6 Å². The highest BCUT2D eigenvalue weighted by Gasteiger charge is 2.32. The molecule has 0 aromatic carbocycles. The summed E-state index contributed by atoms with van der Waals surface area (Å²) in [5.41, 5.74) is 0.274. The van der Waals surface area contributed by atoms with E-state index in [1.54, 1.807) is 0 Å². The molecule has 1 aromatic rings. The molecule has 0 aliphatic carbocycles. The van der Waals surface area contributed by atoms with E-state index in [0.717, 1.165) is 25.5 Å². The lowest BCUT2D eigenvalue weighted by Gasteiger charge is -2.43. The van der Waals surface area contributed by atoms with Gasteiger partial charge in [-0.05, 0) is 12.8 Å². The number of anilines is 1. The van der Waals surface area contributed by atoms with Gasteiger partial charge in [-0.25, -0.2) is 0 Å². The van der Waals surface area contributed by atoms with Crippen LogP contribution in [0, 0.1) is 0 Å². The second-order valence-electron chi connectivity index (χ2n) is 4.68. The predicted molar refractivity (Wildman–Crippen MR) is 66.7 cm³/mol. The van der Waals surface area contributed by atoms with Crippen molar-refractivity contribution in [2.45, 2.75) is 32.2 Å². The van der Waals surface area contributed by atoms with Gasteiger partial charge in [0.2, 0.25) is 0 Å². The monoisotopic (exact) mass is 222 g/mol. The molecule has 0 amide bonds. The highest BCUT2D eigenvalue weighted by atomic mass is 15.4. The first-order valence-corrected chi connectivity index (χ1v) is 6.19. The molecule has 1 aromatic heterocycles. The zero-order valence-corrected chi connectivity index (χ0v) is 10.5. The molecule has 2 rings (SSSR count). The number of nitrogens with zero attached hydrogens (tertiary/aromatic N) is 3. The van der Waals surface area contributed by atoms with Crippen LogP contribution >= 0.6 is 0 Å². The molecule has 1 aliphatic heterocycles. The number of rotatable bonds is 3. The van der Waals surface area contributed by atoms with Crippen LogP contribution in [0.1, 0.15) is 26.7 Å². The van der Waals surface area contributed by atoms with Crippen LogP contribution in [0.4, 0.5) is 5.82 Å². The lowest BCUT2D eigenvalue weighted by atomic mass is 9.90. The third kappa shape index (κ3) is 2.07. The van der Waals surface area contributed by atoms with Gasteiger partial charge in [0.1, 0.15) is 0 Å². The number of hydrogen-bond acceptors (Lipinski definition) is 3. The van der Waals surface area contributed by atoms with Gasteiger partial charge in [-0.15, -0.1) is 0 Å². The summed E-state index contributed by atoms with van der Waals surface area (Å²) in [6, 6.07) is 2.10. The van der Waals surface area contributed by atoms with Gasteiger partial charge in [-0.2, -0.15) is 5.10 Å². The van der Waals surface area contributed by atoms with E-state index in [9.17, 15) is 0 Å². The maximum Gasteiger partial charge on any atom is 0.150 e. The standard InChI is InChI=1S/C12H22N4/c1-4-12(5-2)10-16(9-7-13-12)11-6-8-15(3)14-11/h6,8,13H,4-5,7,9-10H2,1-3H3. The van der Waals surface area contributed by atoms with Gasteiger partial charge in [0.05, 0.1) is 0 Å². The van der Waals surface area contributed by atoms with Crippen molar-refractivity contribution in [1.82, 2.24) is 15.1 Å². The SMILES string of the molecule is CCC1(CC)CN(c2ccn(C)n2)CCN1. The normalized spacial score (nSPS) is 20.1. The Morgan fingerprint density at radius 3 is 2.75 bits per heavy atom. The Kier molecular flexibility index (Phi) is 3.19. The molecule has 90 valence electrons. The first-order valence-electron chi connectivity index (χ1n) is 6.19. The van der Waals surface area contributed by atoms with Gasteiger partial charge in [0, 0.05) is 44.5 Å². The quantitative estimate of drug-likeness (QED) is 0.839. The minimum Gasteiger partial charge on any atom is -0.352 e. The Morgan fingerprint density at radius 2 is 2.19 bits per heavy atom. The first kappa shape index (κ1) is 11.5. The molecular formula is C12H22N4. The molecule has 0 bridgehead atoms. The second-order valence-corrected chi connectivity index (χ2v) is 4.68. The molecule has 1 saturated heterocycles. The van der Waals surface area contributed by atoms with Gasteiger partial charge in [-0.1, -0.05) is 13.8 Å². The van der Waals surface area contributed by atoms with Crippen molar-refractivity contribution in [3.8, 4) is 0 Å². The van der Waals surface area contributed by atoms with Crippen LogP contribution in [-0.2, 0) is 7.05 Å². The first-order chi connectivity index (χ1) is 7.69. The molecule has 0 atom stereocenters. The molecule has 1 fully saturated rings. The Balaban J connectivity index is 2.12. The number of aromatic nitrogens is 2. The van der Waals surface area contributed by atoms with Crippen molar-refractivity contribution in [1.29, 1.82) is 0 Å². The summed E-state index contributed by atoms with van der Waals surface area (Å²) in [5, 5.41) is 8.15. The summed E-state index contributed by atoms with van der Waals surface area (Å²) in [5.74, 6) is 1.11. The minimum atomic E-state index is 0.274. The Hall–Kier alpha value is -1.03. The van der Waals surface area contributed by atoms with Gasteiger partial charge in [0.25, 0.3) is 0 Å². The molecule has 1 N–H and O–H groups in total. The van der Waals surface area contributed by atoms with Crippen molar-refractivity contribution < 1.29 is 0 Å². The Morgan fingerprint density at radius 1 is 1.44 bits per heavy atom. The summed E-state index contributed by atoms with van der Waals surface area (Å²) in [7, 11) is 1.97. The van der Waals surface area contributed by atoms with Gasteiger partial charge < -0.3 is 10.2 Å². The largest absolute Gasteiger partial charge is 0.352 e. The average molecular weight is 222 g/mol. The lowest BCUT2D eigenvalue weighted by molar-refractivity contribution is 0.276. The topological polar surface area (TPSA) is 33.1 Å². The zero-order valence-electron chi connectivity index (χ0n) is 10.5. The Bertz CT molecular complexity index is 341. The smallest absolute Gasteiger partial charge is 0.150 e. The molecule has 1 aliphatic rings. The van der Waals surface area contributed by atoms with Gasteiger partial charge >= 0.3 is 0 Å². The zero-order chi connectivity index (χ0) is 11.6. The van der Waals surface area contributed by atoms with Crippen LogP contribution in [0.3, 0.4) is 0 Å². The molecule has 0 saturated carbocycles. The van der Waals surface area contributed by atoms with Crippen LogP contribution in [0.5, 0.6) is 0 Å². The van der Waals surface area contributed by atoms with E-state index in [4.69, 9.17) is 0 Å². The molecule has 2 heterocycles. The molecular weight excluding hydrogens is 200 g/mol. The van der Waals surface area contributed by atoms with E-state index in [1.165, 1.54) is 12.8 Å². The van der Waals surface area contributed by atoms with E-state index in [1.807, 2.05) is 17.9 Å². The van der Waals surface area contributed by atoms with Gasteiger partial charge in [-0.3, -0.25) is 4.68 Å². The summed E-state index contributed by atoms with van der Waals surface area (Å²) in [6.45, 7) is 7.70. The van der Waals surface area contributed by atoms with Crippen LogP contribution in [0.2, 0.25) is 0 Å². The maximum atomic E-state index is 4.48. The van der Waals surface area contributed by atoms with Gasteiger partial charge in [0.15, 0.2) is 5.82 Å². The van der Waals surface area contributed by atoms with Crippen molar-refractivity contribution in [2.24, 2.45) is 7.05 Å². The van der Waals surface area contributed by atoms with Crippen molar-refractivity contribution in [2.75, 3.05) is 24.5 Å². The highest BCUT2D eigenvalue weighted by molar-refractivity contribution is 5.38. The molecule has 0 spiro atoms. The van der Waals surface area contributed by atoms with Crippen molar-refractivity contribution >= 4 is 5.82 Å². The number of aryl methyl sites for hydroxylation is 1. The summed E-state index contributed by atoms with van der Waals surface area (Å²) in [6.07, 6.45) is 4.36. The van der Waals surface area contributed by atoms with E-state index in [0.29, 0.717) is 0 Å². The summed E-state index contributed by atoms with van der Waals surface area (Å²) < 4.78 is 1.87. The average Bonchev–Trinajstić information content (AvgIpc) is 2.76. The van der Waals surface area contributed by atoms with E-state index >= 15 is 0 Å². The third-order valence-electron chi connectivity index (χ3n) is 3.75. The highest BCUT2D eigenvalue weighted by Crippen LogP contribution is 2.23. The molecule has 16 heavy (non-hydrogen) atoms. The fraction of sp³-hybridized carbons (Fsp3) is 0.750. The molecule has 0 unspecified atom stereocenters. The van der Waals surface area contributed by atoms with E-state index in [2.05, 4.69) is 35.2 Å². The third-order valence-corrected chi connectivity index (χ3v) is 3.75. The number of nitrogens with one attached hydrogen (secondary N) is 1. The number of piperazine rings is 1. The maximum absolute atomic E-state index is 4.48. The van der Waals surface area contributed by atoms with E-state index < -0.39 is 0 Å². The second kappa shape index (κ2) is 4.45. The van der Waals surface area contributed by atoms with Crippen molar-refractivity contribution in [3.63, 3.8) is 0 Å². The summed E-state index contributed by atoms with van der Waals surface area (Å²) in [4.78, 5) is 2.39. The molecule has 4 heteroatoms. The fourth-order valence-electron chi connectivity index (χ4n) is 2.45. The predicted octanol–water partition coefficient (Wildman–Crippen LogP) is 1.39. The van der Waals surface area contributed by atoms with Crippen molar-refractivity contribution in [3.05, 3.63) is 12.3 Å². The fourth-order valence-corrected chi connectivity index (χ4v) is 2.45. The van der Waals surface area contributed by atoms with Crippen LogP contribution in [0.15, 0.2) is 12.3 Å². The van der Waals surface area contributed by atoms with Crippen LogP contribution in [0.25, 0.3) is 0 Å². The van der Waals surface area contributed by atoms with Crippen LogP contribution < -0.4 is 10.2 Å². The minimum absolute atomic E-state index is 0.274. The van der Waals surface area contributed by atoms with Crippen LogP contribution in [-0.4, -0.2) is 35.0 Å². The number of hydrogen-bond donors (Lipinski definition) is 1. The lowest BCUT2D eigenvalue weighted by Crippen LogP contribution is -2.60.